The Bertz CT molecular complexity index is 427. The van der Waals surface area contributed by atoms with Crippen LogP contribution in [-0.2, 0) is 0 Å². The molecule has 2 heterocycles. The average molecular weight is 173 g/mol. The Labute approximate surface area is 72.9 Å². The molecule has 0 saturated carbocycles. The molecule has 0 saturated heterocycles. The van der Waals surface area contributed by atoms with Crippen LogP contribution in [0.4, 0.5) is 0 Å². The lowest BCUT2D eigenvalue weighted by molar-refractivity contribution is 0.568. The molecule has 0 aromatic carbocycles. The molecule has 0 radical (unpaired) electrons. The normalized spacial score (nSPS) is 9.46. The second-order valence-corrected chi connectivity index (χ2v) is 2.15. The lowest BCUT2D eigenvalue weighted by Crippen LogP contribution is -1.88. The standard InChI is InChI=1S/C7H3N5O/c8-1-6-9-2-5(3-10-6)7-12-11-4-13-7/h2-4H. The minimum Gasteiger partial charge on any atom is -0.423 e. The lowest BCUT2D eigenvalue weighted by atomic mass is 10.3. The fraction of sp³-hybridized carbons (Fsp3) is 0. The molecule has 62 valence electrons. The fourth-order valence-electron chi connectivity index (χ4n) is 0.795. The molecule has 2 aromatic rings. The third kappa shape index (κ3) is 1.35. The maximum absolute atomic E-state index is 8.43. The summed E-state index contributed by atoms with van der Waals surface area (Å²) in [7, 11) is 0. The van der Waals surface area contributed by atoms with E-state index in [1.807, 2.05) is 6.07 Å². The first-order valence-corrected chi connectivity index (χ1v) is 3.39. The monoisotopic (exact) mass is 173 g/mol. The van der Waals surface area contributed by atoms with Crippen molar-refractivity contribution in [1.82, 2.24) is 20.2 Å². The molecule has 6 heteroatoms. The smallest absolute Gasteiger partial charge is 0.250 e. The van der Waals surface area contributed by atoms with Gasteiger partial charge in [0.25, 0.3) is 5.89 Å². The Morgan fingerprint density at radius 3 is 2.62 bits per heavy atom. The molecule has 6 nitrogen and oxygen atoms in total. The highest BCUT2D eigenvalue weighted by atomic mass is 16.4. The van der Waals surface area contributed by atoms with Crippen molar-refractivity contribution in [3.63, 3.8) is 0 Å². The van der Waals surface area contributed by atoms with Crippen molar-refractivity contribution in [2.24, 2.45) is 0 Å². The molecule has 2 rings (SSSR count). The number of hydrogen-bond acceptors (Lipinski definition) is 6. The number of hydrogen-bond donors (Lipinski definition) is 0. The third-order valence-corrected chi connectivity index (χ3v) is 1.36. The van der Waals surface area contributed by atoms with Crippen LogP contribution in [0.25, 0.3) is 11.5 Å². The van der Waals surface area contributed by atoms with E-state index in [1.54, 1.807) is 0 Å². The Morgan fingerprint density at radius 1 is 1.31 bits per heavy atom. The molecule has 0 bridgehead atoms. The molecular weight excluding hydrogens is 170 g/mol. The number of nitriles is 1. The summed E-state index contributed by atoms with van der Waals surface area (Å²) in [5.74, 6) is 0.452. The Hall–Kier alpha value is -2.29. The van der Waals surface area contributed by atoms with Crippen molar-refractivity contribution in [1.29, 1.82) is 5.26 Å². The third-order valence-electron chi connectivity index (χ3n) is 1.36. The molecular formula is C7H3N5O. The van der Waals surface area contributed by atoms with Crippen LogP contribution < -0.4 is 0 Å². The molecule has 0 N–H and O–H groups in total. The SMILES string of the molecule is N#Cc1ncc(-c2nnco2)cn1. The molecule has 0 amide bonds. The van der Waals surface area contributed by atoms with Crippen LogP contribution in [-0.4, -0.2) is 20.2 Å². The first kappa shape index (κ1) is 7.36. The summed E-state index contributed by atoms with van der Waals surface area (Å²) in [5, 5.41) is 15.6. The maximum atomic E-state index is 8.43. The van der Waals surface area contributed by atoms with E-state index in [2.05, 4.69) is 20.2 Å². The highest BCUT2D eigenvalue weighted by Gasteiger charge is 2.03. The topological polar surface area (TPSA) is 88.5 Å². The molecule has 0 aliphatic carbocycles. The Morgan fingerprint density at radius 2 is 2.08 bits per heavy atom. The minimum atomic E-state index is 0.114. The summed E-state index contributed by atoms with van der Waals surface area (Å²) < 4.78 is 4.91. The van der Waals surface area contributed by atoms with Gasteiger partial charge in [0.05, 0.1) is 5.56 Å². The van der Waals surface area contributed by atoms with Crippen LogP contribution in [0.5, 0.6) is 0 Å². The summed E-state index contributed by atoms with van der Waals surface area (Å²) in [6, 6.07) is 1.81. The molecule has 0 aliphatic rings. The van der Waals surface area contributed by atoms with Gasteiger partial charge in [0.15, 0.2) is 0 Å². The zero-order chi connectivity index (χ0) is 9.10. The van der Waals surface area contributed by atoms with E-state index < -0.39 is 0 Å². The van der Waals surface area contributed by atoms with Gasteiger partial charge >= 0.3 is 0 Å². The van der Waals surface area contributed by atoms with Crippen molar-refractivity contribution in [2.45, 2.75) is 0 Å². The first-order chi connectivity index (χ1) is 6.40. The van der Waals surface area contributed by atoms with E-state index in [0.717, 1.165) is 0 Å². The fourth-order valence-corrected chi connectivity index (χ4v) is 0.795. The van der Waals surface area contributed by atoms with Crippen molar-refractivity contribution in [3.8, 4) is 17.5 Å². The molecule has 0 unspecified atom stereocenters. The summed E-state index contributed by atoms with van der Waals surface area (Å²) in [4.78, 5) is 7.51. The minimum absolute atomic E-state index is 0.114. The molecule has 0 aliphatic heterocycles. The number of aromatic nitrogens is 4. The van der Waals surface area contributed by atoms with Gasteiger partial charge in [0.1, 0.15) is 6.07 Å². The van der Waals surface area contributed by atoms with Gasteiger partial charge in [-0.2, -0.15) is 5.26 Å². The summed E-state index contributed by atoms with van der Waals surface area (Å²) in [6.07, 6.45) is 4.13. The molecule has 0 atom stereocenters. The molecule has 0 spiro atoms. The highest BCUT2D eigenvalue weighted by molar-refractivity contribution is 5.48. The van der Waals surface area contributed by atoms with E-state index >= 15 is 0 Å². The van der Waals surface area contributed by atoms with Crippen molar-refractivity contribution >= 4 is 0 Å². The van der Waals surface area contributed by atoms with Crippen LogP contribution in [0.1, 0.15) is 5.82 Å². The largest absolute Gasteiger partial charge is 0.423 e. The Balaban J connectivity index is 2.40. The van der Waals surface area contributed by atoms with Gasteiger partial charge in [0, 0.05) is 12.4 Å². The van der Waals surface area contributed by atoms with E-state index in [1.165, 1.54) is 18.8 Å². The molecule has 0 fully saturated rings. The number of rotatable bonds is 1. The summed E-state index contributed by atoms with van der Waals surface area (Å²) in [5.41, 5.74) is 0.594. The predicted octanol–water partition coefficient (Wildman–Crippen LogP) is 0.398. The Kier molecular flexibility index (Phi) is 1.69. The van der Waals surface area contributed by atoms with Crippen molar-refractivity contribution in [3.05, 3.63) is 24.6 Å². The van der Waals surface area contributed by atoms with Gasteiger partial charge in [-0.25, -0.2) is 9.97 Å². The van der Waals surface area contributed by atoms with Crippen molar-refractivity contribution in [2.75, 3.05) is 0 Å². The van der Waals surface area contributed by atoms with Gasteiger partial charge < -0.3 is 4.42 Å². The van der Waals surface area contributed by atoms with E-state index in [4.69, 9.17) is 9.68 Å². The van der Waals surface area contributed by atoms with Gasteiger partial charge in [0.2, 0.25) is 12.2 Å². The number of nitrogens with zero attached hydrogens (tertiary/aromatic N) is 5. The molecule has 2 aromatic heterocycles. The first-order valence-electron chi connectivity index (χ1n) is 3.39. The van der Waals surface area contributed by atoms with Gasteiger partial charge in [-0.1, -0.05) is 0 Å². The zero-order valence-corrected chi connectivity index (χ0v) is 6.38. The van der Waals surface area contributed by atoms with Crippen LogP contribution in [0.3, 0.4) is 0 Å². The predicted molar refractivity (Wildman–Crippen MR) is 40.0 cm³/mol. The zero-order valence-electron chi connectivity index (χ0n) is 6.38. The van der Waals surface area contributed by atoms with E-state index in [0.29, 0.717) is 11.5 Å². The van der Waals surface area contributed by atoms with Crippen LogP contribution in [0.2, 0.25) is 0 Å². The average Bonchev–Trinajstić information content (AvgIpc) is 2.71. The van der Waals surface area contributed by atoms with Crippen LogP contribution in [0.15, 0.2) is 23.2 Å². The van der Waals surface area contributed by atoms with Gasteiger partial charge in [-0.05, 0) is 0 Å². The van der Waals surface area contributed by atoms with Gasteiger partial charge in [-0.15, -0.1) is 10.2 Å². The van der Waals surface area contributed by atoms with Gasteiger partial charge in [-0.3, -0.25) is 0 Å². The summed E-state index contributed by atoms with van der Waals surface area (Å²) >= 11 is 0. The van der Waals surface area contributed by atoms with E-state index in [-0.39, 0.29) is 5.82 Å². The second kappa shape index (κ2) is 2.98. The summed E-state index contributed by atoms with van der Waals surface area (Å²) in [6.45, 7) is 0. The van der Waals surface area contributed by atoms with Crippen molar-refractivity contribution < 1.29 is 4.42 Å². The van der Waals surface area contributed by atoms with E-state index in [9.17, 15) is 0 Å². The van der Waals surface area contributed by atoms with Crippen LogP contribution in [0, 0.1) is 11.3 Å². The highest BCUT2D eigenvalue weighted by Crippen LogP contribution is 2.12. The van der Waals surface area contributed by atoms with Crippen LogP contribution >= 0.6 is 0 Å². The lowest BCUT2D eigenvalue weighted by Gasteiger charge is -1.91. The molecule has 13 heavy (non-hydrogen) atoms. The maximum Gasteiger partial charge on any atom is 0.250 e. The second-order valence-electron chi connectivity index (χ2n) is 2.15. The quantitative estimate of drug-likeness (QED) is 0.620.